The molecule has 1 fully saturated rings. The molecular formula is C16H21NO4. The predicted octanol–water partition coefficient (Wildman–Crippen LogP) is 2.40. The van der Waals surface area contributed by atoms with Gasteiger partial charge in [-0.25, -0.2) is 0 Å². The molecule has 0 radical (unpaired) electrons. The van der Waals surface area contributed by atoms with Crippen LogP contribution in [0.4, 0.5) is 0 Å². The van der Waals surface area contributed by atoms with Crippen LogP contribution >= 0.6 is 0 Å². The number of hydrogen-bond donors (Lipinski definition) is 1. The molecule has 5 heteroatoms. The van der Waals surface area contributed by atoms with E-state index < -0.39 is 0 Å². The lowest BCUT2D eigenvalue weighted by Crippen LogP contribution is -2.49. The lowest BCUT2D eigenvalue weighted by atomic mass is 9.82. The summed E-state index contributed by atoms with van der Waals surface area (Å²) in [4.78, 5) is 0. The molecule has 1 saturated heterocycles. The van der Waals surface area contributed by atoms with E-state index in [1.165, 1.54) is 0 Å². The molecule has 1 atom stereocenters. The summed E-state index contributed by atoms with van der Waals surface area (Å²) in [5.74, 6) is 2.35. The van der Waals surface area contributed by atoms with E-state index in [1.54, 1.807) is 0 Å². The number of benzene rings is 1. The largest absolute Gasteiger partial charge is 0.483 e. The van der Waals surface area contributed by atoms with Crippen LogP contribution in [-0.2, 0) is 4.74 Å². The summed E-state index contributed by atoms with van der Waals surface area (Å²) < 4.78 is 23.6. The monoisotopic (exact) mass is 291 g/mol. The first-order chi connectivity index (χ1) is 10.3. The minimum Gasteiger partial charge on any atom is -0.483 e. The average Bonchev–Trinajstić information content (AvgIpc) is 2.97. The standard InChI is InChI=1S/C16H21NO4/c1-2-18-13-9-16(5-7-17-8-6-16)21-14-11(13)3-4-12-15(14)20-10-19-12/h3-4,13,17H,2,5-10H2,1H3. The molecule has 3 heterocycles. The lowest BCUT2D eigenvalue weighted by Gasteiger charge is -2.44. The first-order valence-electron chi connectivity index (χ1n) is 7.75. The highest BCUT2D eigenvalue weighted by Crippen LogP contribution is 2.53. The van der Waals surface area contributed by atoms with Crippen molar-refractivity contribution in [1.29, 1.82) is 0 Å². The number of fused-ring (bicyclic) bond motifs is 3. The Morgan fingerprint density at radius 3 is 2.90 bits per heavy atom. The van der Waals surface area contributed by atoms with Gasteiger partial charge in [0.05, 0.1) is 6.10 Å². The zero-order valence-corrected chi connectivity index (χ0v) is 12.3. The first kappa shape index (κ1) is 13.2. The Bertz CT molecular complexity index is 539. The van der Waals surface area contributed by atoms with E-state index >= 15 is 0 Å². The third-order valence-corrected chi connectivity index (χ3v) is 4.63. The molecule has 4 rings (SSSR count). The van der Waals surface area contributed by atoms with E-state index in [9.17, 15) is 0 Å². The summed E-state index contributed by atoms with van der Waals surface area (Å²) in [6, 6.07) is 4.01. The van der Waals surface area contributed by atoms with Crippen LogP contribution in [0.1, 0.15) is 37.9 Å². The highest BCUT2D eigenvalue weighted by molar-refractivity contribution is 5.58. The molecule has 1 N–H and O–H groups in total. The van der Waals surface area contributed by atoms with Crippen LogP contribution in [0.5, 0.6) is 17.2 Å². The molecule has 3 aliphatic heterocycles. The molecule has 0 bridgehead atoms. The highest BCUT2D eigenvalue weighted by atomic mass is 16.7. The molecule has 1 aromatic carbocycles. The van der Waals surface area contributed by atoms with Crippen LogP contribution in [0, 0.1) is 0 Å². The quantitative estimate of drug-likeness (QED) is 0.906. The van der Waals surface area contributed by atoms with Crippen molar-refractivity contribution in [3.05, 3.63) is 17.7 Å². The zero-order valence-electron chi connectivity index (χ0n) is 12.3. The van der Waals surface area contributed by atoms with Gasteiger partial charge in [0.1, 0.15) is 5.60 Å². The summed E-state index contributed by atoms with van der Waals surface area (Å²) in [6.45, 7) is 4.98. The van der Waals surface area contributed by atoms with Gasteiger partial charge in [0, 0.05) is 18.6 Å². The Kier molecular flexibility index (Phi) is 3.19. The Labute approximate surface area is 124 Å². The van der Waals surface area contributed by atoms with E-state index in [4.69, 9.17) is 18.9 Å². The molecule has 0 aliphatic carbocycles. The third kappa shape index (κ3) is 2.15. The summed E-state index contributed by atoms with van der Waals surface area (Å²) in [5, 5.41) is 3.40. The van der Waals surface area contributed by atoms with Crippen molar-refractivity contribution in [2.75, 3.05) is 26.5 Å². The van der Waals surface area contributed by atoms with Gasteiger partial charge in [-0.15, -0.1) is 0 Å². The maximum atomic E-state index is 6.45. The average molecular weight is 291 g/mol. The highest BCUT2D eigenvalue weighted by Gasteiger charge is 2.44. The maximum absolute atomic E-state index is 6.45. The fraction of sp³-hybridized carbons (Fsp3) is 0.625. The minimum absolute atomic E-state index is 0.0753. The van der Waals surface area contributed by atoms with Crippen molar-refractivity contribution < 1.29 is 18.9 Å². The summed E-state index contributed by atoms with van der Waals surface area (Å²) >= 11 is 0. The van der Waals surface area contributed by atoms with Crippen LogP contribution < -0.4 is 19.5 Å². The van der Waals surface area contributed by atoms with Gasteiger partial charge in [0.2, 0.25) is 12.5 Å². The molecule has 0 amide bonds. The van der Waals surface area contributed by atoms with Crippen molar-refractivity contribution in [2.45, 2.75) is 37.9 Å². The molecule has 3 aliphatic rings. The summed E-state index contributed by atoms with van der Waals surface area (Å²) in [5.41, 5.74) is 0.948. The van der Waals surface area contributed by atoms with E-state index in [0.29, 0.717) is 6.61 Å². The van der Waals surface area contributed by atoms with Crippen LogP contribution in [0.3, 0.4) is 0 Å². The molecular weight excluding hydrogens is 270 g/mol. The van der Waals surface area contributed by atoms with Crippen molar-refractivity contribution in [3.63, 3.8) is 0 Å². The van der Waals surface area contributed by atoms with Gasteiger partial charge in [-0.3, -0.25) is 0 Å². The second kappa shape index (κ2) is 5.07. The van der Waals surface area contributed by atoms with Gasteiger partial charge in [-0.05, 0) is 45.0 Å². The Morgan fingerprint density at radius 2 is 2.10 bits per heavy atom. The number of ether oxygens (including phenoxy) is 4. The molecule has 1 aromatic rings. The van der Waals surface area contributed by atoms with Gasteiger partial charge in [0.15, 0.2) is 11.5 Å². The Hall–Kier alpha value is -1.46. The fourth-order valence-electron chi connectivity index (χ4n) is 3.57. The second-order valence-electron chi connectivity index (χ2n) is 5.90. The van der Waals surface area contributed by atoms with Crippen LogP contribution in [-0.4, -0.2) is 32.1 Å². The Morgan fingerprint density at radius 1 is 1.24 bits per heavy atom. The molecule has 21 heavy (non-hydrogen) atoms. The second-order valence-corrected chi connectivity index (χ2v) is 5.90. The van der Waals surface area contributed by atoms with E-state index in [2.05, 4.69) is 11.4 Å². The normalized spacial score (nSPS) is 25.5. The van der Waals surface area contributed by atoms with Gasteiger partial charge in [-0.1, -0.05) is 0 Å². The number of piperidine rings is 1. The first-order valence-corrected chi connectivity index (χ1v) is 7.75. The van der Waals surface area contributed by atoms with Gasteiger partial charge >= 0.3 is 0 Å². The van der Waals surface area contributed by atoms with Crippen molar-refractivity contribution in [3.8, 4) is 17.2 Å². The molecule has 1 spiro atoms. The number of rotatable bonds is 2. The minimum atomic E-state index is -0.140. The number of nitrogens with one attached hydrogen (secondary N) is 1. The van der Waals surface area contributed by atoms with Crippen molar-refractivity contribution in [1.82, 2.24) is 5.32 Å². The van der Waals surface area contributed by atoms with Gasteiger partial charge in [-0.2, -0.15) is 0 Å². The molecule has 1 unspecified atom stereocenters. The van der Waals surface area contributed by atoms with E-state index in [-0.39, 0.29) is 18.5 Å². The van der Waals surface area contributed by atoms with Crippen LogP contribution in [0.25, 0.3) is 0 Å². The van der Waals surface area contributed by atoms with Crippen LogP contribution in [0.2, 0.25) is 0 Å². The van der Waals surface area contributed by atoms with Gasteiger partial charge < -0.3 is 24.3 Å². The van der Waals surface area contributed by atoms with E-state index in [1.807, 2.05) is 13.0 Å². The van der Waals surface area contributed by atoms with Gasteiger partial charge in [0.25, 0.3) is 0 Å². The number of hydrogen-bond acceptors (Lipinski definition) is 5. The SMILES string of the molecule is CCOC1CC2(CCNCC2)Oc2c1ccc1c2OCO1. The molecule has 0 aromatic heterocycles. The topological polar surface area (TPSA) is 49.0 Å². The van der Waals surface area contributed by atoms with Crippen LogP contribution in [0.15, 0.2) is 12.1 Å². The molecule has 0 saturated carbocycles. The molecule has 5 nitrogen and oxygen atoms in total. The van der Waals surface area contributed by atoms with E-state index in [0.717, 1.165) is 55.2 Å². The third-order valence-electron chi connectivity index (χ3n) is 4.63. The Balaban J connectivity index is 1.76. The summed E-state index contributed by atoms with van der Waals surface area (Å²) in [6.07, 6.45) is 2.99. The zero-order chi connectivity index (χ0) is 14.3. The fourth-order valence-corrected chi connectivity index (χ4v) is 3.57. The smallest absolute Gasteiger partial charge is 0.231 e. The summed E-state index contributed by atoms with van der Waals surface area (Å²) in [7, 11) is 0. The molecule has 114 valence electrons. The lowest BCUT2D eigenvalue weighted by molar-refractivity contribution is -0.0602. The van der Waals surface area contributed by atoms with Crippen molar-refractivity contribution in [2.24, 2.45) is 0 Å². The predicted molar refractivity (Wildman–Crippen MR) is 77.0 cm³/mol. The maximum Gasteiger partial charge on any atom is 0.231 e. The van der Waals surface area contributed by atoms with Crippen molar-refractivity contribution >= 4 is 0 Å².